The first kappa shape index (κ1) is 15.7. The SMILES string of the molecule is CC(C)(CCC(=O)O)NC(=O)Nc1ccncc1I. The second-order valence-electron chi connectivity index (χ2n) is 4.71. The lowest BCUT2D eigenvalue weighted by Crippen LogP contribution is -2.45. The predicted molar refractivity (Wildman–Crippen MR) is 80.1 cm³/mol. The number of aliphatic carboxylic acids is 1. The molecule has 7 heteroatoms. The van der Waals surface area contributed by atoms with Crippen molar-refractivity contribution >= 4 is 40.3 Å². The minimum absolute atomic E-state index is 0.0140. The summed E-state index contributed by atoms with van der Waals surface area (Å²) in [6.45, 7) is 3.57. The normalized spacial score (nSPS) is 10.9. The Balaban J connectivity index is 2.55. The first-order valence-corrected chi connectivity index (χ1v) is 6.78. The number of carbonyl (C=O) groups is 2. The van der Waals surface area contributed by atoms with Gasteiger partial charge in [-0.3, -0.25) is 9.78 Å². The van der Waals surface area contributed by atoms with E-state index in [-0.39, 0.29) is 12.5 Å². The van der Waals surface area contributed by atoms with Crippen LogP contribution in [0.1, 0.15) is 26.7 Å². The van der Waals surface area contributed by atoms with E-state index in [9.17, 15) is 9.59 Å². The number of nitrogens with zero attached hydrogens (tertiary/aromatic N) is 1. The Morgan fingerprint density at radius 1 is 1.47 bits per heavy atom. The highest BCUT2D eigenvalue weighted by Gasteiger charge is 2.21. The molecule has 0 saturated carbocycles. The highest BCUT2D eigenvalue weighted by atomic mass is 127. The summed E-state index contributed by atoms with van der Waals surface area (Å²) in [4.78, 5) is 26.3. The van der Waals surface area contributed by atoms with Crippen molar-refractivity contribution in [3.63, 3.8) is 0 Å². The molecule has 3 N–H and O–H groups in total. The van der Waals surface area contributed by atoms with Crippen molar-refractivity contribution in [2.45, 2.75) is 32.2 Å². The number of rotatable bonds is 5. The number of halogens is 1. The van der Waals surface area contributed by atoms with Gasteiger partial charge >= 0.3 is 12.0 Å². The number of pyridine rings is 1. The number of urea groups is 1. The van der Waals surface area contributed by atoms with Gasteiger partial charge < -0.3 is 15.7 Å². The molecule has 0 aliphatic carbocycles. The maximum absolute atomic E-state index is 11.8. The van der Waals surface area contributed by atoms with Gasteiger partial charge in [0.1, 0.15) is 0 Å². The Bertz CT molecular complexity index is 477. The van der Waals surface area contributed by atoms with Crippen molar-refractivity contribution in [3.05, 3.63) is 22.0 Å². The number of anilines is 1. The average molecular weight is 377 g/mol. The van der Waals surface area contributed by atoms with Gasteiger partial charge in [0.2, 0.25) is 0 Å². The summed E-state index contributed by atoms with van der Waals surface area (Å²) in [5.41, 5.74) is 0.0862. The van der Waals surface area contributed by atoms with Crippen LogP contribution in [0.3, 0.4) is 0 Å². The standard InChI is InChI=1S/C12H16IN3O3/c1-12(2,5-3-10(17)18)16-11(19)15-9-4-6-14-7-8(9)13/h4,6-7H,3,5H2,1-2H3,(H,17,18)(H2,14,15,16,19). The van der Waals surface area contributed by atoms with Gasteiger partial charge in [0.15, 0.2) is 0 Å². The van der Waals surface area contributed by atoms with Crippen LogP contribution >= 0.6 is 22.6 Å². The molecule has 0 fully saturated rings. The Labute approximate surface area is 125 Å². The maximum atomic E-state index is 11.8. The molecule has 0 radical (unpaired) electrons. The lowest BCUT2D eigenvalue weighted by Gasteiger charge is -2.25. The van der Waals surface area contributed by atoms with Gasteiger partial charge in [0.25, 0.3) is 0 Å². The van der Waals surface area contributed by atoms with Crippen LogP contribution in [-0.4, -0.2) is 27.6 Å². The predicted octanol–water partition coefficient (Wildman–Crippen LogP) is 2.45. The van der Waals surface area contributed by atoms with E-state index in [4.69, 9.17) is 5.11 Å². The summed E-state index contributed by atoms with van der Waals surface area (Å²) in [5, 5.41) is 14.1. The molecule has 2 amide bonds. The van der Waals surface area contributed by atoms with Crippen LogP contribution in [0.15, 0.2) is 18.5 Å². The monoisotopic (exact) mass is 377 g/mol. The Morgan fingerprint density at radius 2 is 2.16 bits per heavy atom. The van der Waals surface area contributed by atoms with Crippen molar-refractivity contribution in [1.29, 1.82) is 0 Å². The lowest BCUT2D eigenvalue weighted by atomic mass is 9.99. The zero-order valence-corrected chi connectivity index (χ0v) is 12.9. The van der Waals surface area contributed by atoms with E-state index in [0.717, 1.165) is 3.57 Å². The van der Waals surface area contributed by atoms with Crippen molar-refractivity contribution in [2.24, 2.45) is 0 Å². The molecule has 1 heterocycles. The molecule has 19 heavy (non-hydrogen) atoms. The van der Waals surface area contributed by atoms with E-state index >= 15 is 0 Å². The molecule has 0 atom stereocenters. The van der Waals surface area contributed by atoms with Gasteiger partial charge in [-0.25, -0.2) is 4.79 Å². The fourth-order valence-electron chi connectivity index (χ4n) is 1.42. The number of amides is 2. The van der Waals surface area contributed by atoms with Crippen LogP contribution in [0.4, 0.5) is 10.5 Å². The van der Waals surface area contributed by atoms with Crippen LogP contribution in [-0.2, 0) is 4.79 Å². The summed E-state index contributed by atoms with van der Waals surface area (Å²) in [6, 6.07) is 1.34. The maximum Gasteiger partial charge on any atom is 0.319 e. The van der Waals surface area contributed by atoms with Crippen molar-refractivity contribution in [1.82, 2.24) is 10.3 Å². The third kappa shape index (κ3) is 5.86. The summed E-state index contributed by atoms with van der Waals surface area (Å²) in [6.07, 6.45) is 3.61. The van der Waals surface area contributed by atoms with Crippen LogP contribution in [0.25, 0.3) is 0 Å². The minimum atomic E-state index is -0.876. The third-order valence-electron chi connectivity index (χ3n) is 2.44. The molecule has 1 aromatic heterocycles. The molecular formula is C12H16IN3O3. The third-order valence-corrected chi connectivity index (χ3v) is 3.30. The topological polar surface area (TPSA) is 91.3 Å². The molecule has 1 aromatic rings. The highest BCUT2D eigenvalue weighted by Crippen LogP contribution is 2.16. The van der Waals surface area contributed by atoms with E-state index in [0.29, 0.717) is 12.1 Å². The molecule has 6 nitrogen and oxygen atoms in total. The first-order valence-electron chi connectivity index (χ1n) is 5.71. The molecule has 104 valence electrons. The van der Waals surface area contributed by atoms with E-state index < -0.39 is 11.5 Å². The molecule has 0 saturated heterocycles. The number of nitrogens with one attached hydrogen (secondary N) is 2. The van der Waals surface area contributed by atoms with Crippen LogP contribution in [0, 0.1) is 3.57 Å². The summed E-state index contributed by atoms with van der Waals surface area (Å²) in [5.74, 6) is -0.876. The highest BCUT2D eigenvalue weighted by molar-refractivity contribution is 14.1. The largest absolute Gasteiger partial charge is 0.481 e. The number of hydrogen-bond acceptors (Lipinski definition) is 3. The number of aromatic nitrogens is 1. The molecule has 1 rings (SSSR count). The van der Waals surface area contributed by atoms with Crippen molar-refractivity contribution in [3.8, 4) is 0 Å². The van der Waals surface area contributed by atoms with Crippen molar-refractivity contribution < 1.29 is 14.7 Å². The van der Waals surface area contributed by atoms with Crippen molar-refractivity contribution in [2.75, 3.05) is 5.32 Å². The smallest absolute Gasteiger partial charge is 0.319 e. The summed E-state index contributed by atoms with van der Waals surface area (Å²) in [7, 11) is 0. The van der Waals surface area contributed by atoms with Gasteiger partial charge in [-0.2, -0.15) is 0 Å². The summed E-state index contributed by atoms with van der Waals surface area (Å²) >= 11 is 2.07. The number of carbonyl (C=O) groups excluding carboxylic acids is 1. The zero-order chi connectivity index (χ0) is 14.5. The molecular weight excluding hydrogens is 361 g/mol. The van der Waals surface area contributed by atoms with Gasteiger partial charge in [-0.05, 0) is 48.9 Å². The first-order chi connectivity index (χ1) is 8.80. The Kier molecular flexibility index (Phi) is 5.52. The van der Waals surface area contributed by atoms with Crippen LogP contribution < -0.4 is 10.6 Å². The molecule has 0 aliphatic rings. The van der Waals surface area contributed by atoms with E-state index in [2.05, 4.69) is 38.2 Å². The quantitative estimate of drug-likeness (QED) is 0.688. The second-order valence-corrected chi connectivity index (χ2v) is 5.87. The fourth-order valence-corrected chi connectivity index (χ4v) is 1.89. The van der Waals surface area contributed by atoms with Crippen LogP contribution in [0.5, 0.6) is 0 Å². The van der Waals surface area contributed by atoms with Gasteiger partial charge in [-0.15, -0.1) is 0 Å². The Hall–Kier alpha value is -1.38. The molecule has 0 aromatic carbocycles. The molecule has 0 bridgehead atoms. The van der Waals surface area contributed by atoms with E-state index in [1.165, 1.54) is 0 Å². The lowest BCUT2D eigenvalue weighted by molar-refractivity contribution is -0.137. The summed E-state index contributed by atoms with van der Waals surface area (Å²) < 4.78 is 0.832. The number of carboxylic acid groups (broad SMARTS) is 1. The molecule has 0 spiro atoms. The van der Waals surface area contributed by atoms with Crippen LogP contribution in [0.2, 0.25) is 0 Å². The fraction of sp³-hybridized carbons (Fsp3) is 0.417. The van der Waals surface area contributed by atoms with E-state index in [1.807, 2.05) is 0 Å². The molecule has 0 aliphatic heterocycles. The van der Waals surface area contributed by atoms with E-state index in [1.54, 1.807) is 32.3 Å². The van der Waals surface area contributed by atoms with Gasteiger partial charge in [0, 0.05) is 24.4 Å². The zero-order valence-electron chi connectivity index (χ0n) is 10.7. The number of hydrogen-bond donors (Lipinski definition) is 3. The molecule has 0 unspecified atom stereocenters. The average Bonchev–Trinajstić information content (AvgIpc) is 2.29. The van der Waals surface area contributed by atoms with Gasteiger partial charge in [0.05, 0.1) is 9.26 Å². The Morgan fingerprint density at radius 3 is 2.74 bits per heavy atom. The number of carboxylic acids is 1. The second kappa shape index (κ2) is 6.69. The minimum Gasteiger partial charge on any atom is -0.481 e. The van der Waals surface area contributed by atoms with Gasteiger partial charge in [-0.1, -0.05) is 0 Å².